The molecule has 3 heterocycles. The van der Waals surface area contributed by atoms with E-state index in [1.807, 2.05) is 24.3 Å². The minimum atomic E-state index is -0.268. The number of nitrogen functional groups attached to an aromatic ring is 1. The highest BCUT2D eigenvalue weighted by atomic mass is 32.1. The van der Waals surface area contributed by atoms with Crippen LogP contribution in [-0.4, -0.2) is 77.5 Å². The van der Waals surface area contributed by atoms with Crippen LogP contribution in [0.25, 0.3) is 10.8 Å². The van der Waals surface area contributed by atoms with Crippen LogP contribution >= 0.6 is 11.3 Å². The van der Waals surface area contributed by atoms with Gasteiger partial charge in [-0.15, -0.1) is 11.3 Å². The van der Waals surface area contributed by atoms with Crippen molar-refractivity contribution in [2.24, 2.45) is 5.16 Å². The maximum Gasteiger partial charge on any atom is 0.278 e. The third-order valence-electron chi connectivity index (χ3n) is 6.89. The number of oxime groups is 1. The van der Waals surface area contributed by atoms with Crippen molar-refractivity contribution >= 4 is 56.4 Å². The first-order chi connectivity index (χ1) is 17.5. The summed E-state index contributed by atoms with van der Waals surface area (Å²) in [5.74, 6) is -0.684. The summed E-state index contributed by atoms with van der Waals surface area (Å²) in [7, 11) is 1.39. The number of hydrogen-bond acceptors (Lipinski definition) is 9. The van der Waals surface area contributed by atoms with E-state index in [1.165, 1.54) is 23.3 Å². The molecule has 0 spiro atoms. The molecule has 2 fully saturated rings. The number of anilines is 2. The lowest BCUT2D eigenvalue weighted by Crippen LogP contribution is -2.51. The molecule has 1 saturated heterocycles. The molecule has 0 bridgehead atoms. The molecule has 3 amide bonds. The smallest absolute Gasteiger partial charge is 0.278 e. The van der Waals surface area contributed by atoms with Gasteiger partial charge in [0.25, 0.3) is 17.7 Å². The van der Waals surface area contributed by atoms with Crippen molar-refractivity contribution < 1.29 is 19.2 Å². The van der Waals surface area contributed by atoms with Crippen LogP contribution in [0.4, 0.5) is 10.8 Å². The first kappa shape index (κ1) is 22.5. The van der Waals surface area contributed by atoms with Crippen LogP contribution in [0.3, 0.4) is 0 Å². The number of aromatic nitrogens is 1. The number of amides is 3. The summed E-state index contributed by atoms with van der Waals surface area (Å²) >= 11 is 1.24. The van der Waals surface area contributed by atoms with Gasteiger partial charge in [-0.05, 0) is 31.0 Å². The van der Waals surface area contributed by atoms with Gasteiger partial charge in [0, 0.05) is 65.2 Å². The van der Waals surface area contributed by atoms with E-state index in [-0.39, 0.29) is 29.5 Å². The molecule has 11 heteroatoms. The minimum absolute atomic E-state index is 0.0194. The number of thiazole rings is 1. The number of hydrogen-bond donors (Lipinski definition) is 1. The number of nitrogens with two attached hydrogens (primary N) is 1. The highest BCUT2D eigenvalue weighted by molar-refractivity contribution is 7.13. The van der Waals surface area contributed by atoms with E-state index in [9.17, 15) is 14.4 Å². The van der Waals surface area contributed by atoms with Gasteiger partial charge in [-0.2, -0.15) is 0 Å². The average Bonchev–Trinajstić information content (AvgIpc) is 3.64. The number of rotatable bonds is 5. The number of carbonyl (C=O) groups excluding carboxylic acids is 3. The van der Waals surface area contributed by atoms with E-state index in [1.54, 1.807) is 16.3 Å². The van der Waals surface area contributed by atoms with Gasteiger partial charge < -0.3 is 20.4 Å². The lowest BCUT2D eigenvalue weighted by Gasteiger charge is -2.37. The maximum atomic E-state index is 13.2. The van der Waals surface area contributed by atoms with Gasteiger partial charge >= 0.3 is 0 Å². The zero-order valence-electron chi connectivity index (χ0n) is 19.6. The van der Waals surface area contributed by atoms with Crippen molar-refractivity contribution in [2.75, 3.05) is 43.9 Å². The largest absolute Gasteiger partial charge is 0.398 e. The highest BCUT2D eigenvalue weighted by Crippen LogP contribution is 2.39. The second kappa shape index (κ2) is 8.59. The zero-order chi connectivity index (χ0) is 25.0. The Bertz CT molecular complexity index is 1420. The normalized spacial score (nSPS) is 18.2. The molecular formula is C25H24N6O4S. The fourth-order valence-corrected chi connectivity index (χ4v) is 5.57. The third-order valence-corrected chi connectivity index (χ3v) is 7.56. The topological polar surface area (TPSA) is 121 Å². The molecule has 0 atom stereocenters. The quantitative estimate of drug-likeness (QED) is 0.322. The molecule has 3 aromatic rings. The Labute approximate surface area is 210 Å². The highest BCUT2D eigenvalue weighted by Gasteiger charge is 2.42. The molecule has 10 nitrogen and oxygen atoms in total. The van der Waals surface area contributed by atoms with E-state index in [0.717, 1.165) is 29.3 Å². The monoisotopic (exact) mass is 504 g/mol. The van der Waals surface area contributed by atoms with Gasteiger partial charge in [0.1, 0.15) is 12.8 Å². The molecule has 0 radical (unpaired) electrons. The average molecular weight is 505 g/mol. The Morgan fingerprint density at radius 2 is 1.81 bits per heavy atom. The predicted molar refractivity (Wildman–Crippen MR) is 136 cm³/mol. The zero-order valence-corrected chi connectivity index (χ0v) is 20.5. The number of benzene rings is 2. The number of nitrogens with zero attached hydrogens (tertiary/aromatic N) is 5. The fraction of sp³-hybridized carbons (Fsp3) is 0.320. The Morgan fingerprint density at radius 1 is 1.08 bits per heavy atom. The SMILES string of the molecule is CO/N=C(\C(=O)N1CCN(c2ccc3c4c(cccc24)C(=O)N(C2CC2)C3=O)CC1)c1csc(N)n1. The second-order valence-corrected chi connectivity index (χ2v) is 9.93. The van der Waals surface area contributed by atoms with Crippen LogP contribution in [0, 0.1) is 0 Å². The van der Waals surface area contributed by atoms with E-state index in [2.05, 4.69) is 15.0 Å². The van der Waals surface area contributed by atoms with E-state index >= 15 is 0 Å². The van der Waals surface area contributed by atoms with Crippen molar-refractivity contribution in [3.05, 3.63) is 52.5 Å². The van der Waals surface area contributed by atoms with Crippen molar-refractivity contribution in [3.63, 3.8) is 0 Å². The summed E-state index contributed by atoms with van der Waals surface area (Å²) < 4.78 is 0. The lowest BCUT2D eigenvalue weighted by atomic mass is 9.92. The van der Waals surface area contributed by atoms with Gasteiger partial charge in [-0.25, -0.2) is 4.98 Å². The molecule has 3 aliphatic rings. The molecule has 184 valence electrons. The molecule has 2 N–H and O–H groups in total. The summed E-state index contributed by atoms with van der Waals surface area (Å²) in [5, 5.41) is 7.54. The predicted octanol–water partition coefficient (Wildman–Crippen LogP) is 2.34. The van der Waals surface area contributed by atoms with E-state index in [4.69, 9.17) is 10.6 Å². The molecule has 1 aliphatic carbocycles. The summed E-state index contributed by atoms with van der Waals surface area (Å²) in [4.78, 5) is 53.9. The Hall–Kier alpha value is -3.99. The molecule has 1 saturated carbocycles. The van der Waals surface area contributed by atoms with Crippen LogP contribution in [-0.2, 0) is 9.63 Å². The van der Waals surface area contributed by atoms with Gasteiger partial charge in [-0.3, -0.25) is 19.3 Å². The van der Waals surface area contributed by atoms with Gasteiger partial charge in [-0.1, -0.05) is 17.3 Å². The molecular weight excluding hydrogens is 480 g/mol. The van der Waals surface area contributed by atoms with Crippen LogP contribution in [0.15, 0.2) is 40.9 Å². The molecule has 36 heavy (non-hydrogen) atoms. The van der Waals surface area contributed by atoms with Crippen LogP contribution in [0.2, 0.25) is 0 Å². The van der Waals surface area contributed by atoms with Crippen molar-refractivity contribution in [1.29, 1.82) is 0 Å². The molecule has 0 unspecified atom stereocenters. The number of imide groups is 1. The summed E-state index contributed by atoms with van der Waals surface area (Å²) in [5.41, 5.74) is 8.35. The number of carbonyl (C=O) groups is 3. The molecule has 2 aromatic carbocycles. The summed E-state index contributed by atoms with van der Waals surface area (Å²) in [6, 6.07) is 9.44. The number of piperazine rings is 1. The van der Waals surface area contributed by atoms with Crippen LogP contribution < -0.4 is 10.6 Å². The van der Waals surface area contributed by atoms with Crippen molar-refractivity contribution in [2.45, 2.75) is 18.9 Å². The summed E-state index contributed by atoms with van der Waals surface area (Å²) in [6.07, 6.45) is 1.74. The van der Waals surface area contributed by atoms with Crippen LogP contribution in [0.5, 0.6) is 0 Å². The first-order valence-electron chi connectivity index (χ1n) is 11.8. The first-order valence-corrected chi connectivity index (χ1v) is 12.7. The fourth-order valence-electron chi connectivity index (χ4n) is 5.02. The van der Waals surface area contributed by atoms with Gasteiger partial charge in [0.15, 0.2) is 10.8 Å². The molecule has 2 aliphatic heterocycles. The standard InChI is InChI=1S/C25H24N6O4S/c1-35-28-21(18-13-36-25(26)27-18)24(34)30-11-9-29(10-12-30)19-8-7-17-20-15(19)3-2-4-16(20)22(32)31(23(17)33)14-5-6-14/h2-4,7-8,13-14H,5-6,9-12H2,1H3,(H2,26,27)/b28-21-. The van der Waals surface area contributed by atoms with Crippen molar-refractivity contribution in [1.82, 2.24) is 14.8 Å². The van der Waals surface area contributed by atoms with Gasteiger partial charge in [0.05, 0.1) is 0 Å². The maximum absolute atomic E-state index is 13.2. The lowest BCUT2D eigenvalue weighted by molar-refractivity contribution is -0.124. The van der Waals surface area contributed by atoms with E-state index in [0.29, 0.717) is 48.1 Å². The Balaban J connectivity index is 1.26. The van der Waals surface area contributed by atoms with Crippen molar-refractivity contribution in [3.8, 4) is 0 Å². The minimum Gasteiger partial charge on any atom is -0.398 e. The summed E-state index contributed by atoms with van der Waals surface area (Å²) in [6.45, 7) is 2.11. The third kappa shape index (κ3) is 3.58. The Kier molecular flexibility index (Phi) is 5.36. The molecule has 1 aromatic heterocycles. The Morgan fingerprint density at radius 3 is 2.44 bits per heavy atom. The molecule has 6 rings (SSSR count). The second-order valence-electron chi connectivity index (χ2n) is 9.04. The van der Waals surface area contributed by atoms with Crippen LogP contribution in [0.1, 0.15) is 39.3 Å². The van der Waals surface area contributed by atoms with E-state index < -0.39 is 0 Å². The van der Waals surface area contributed by atoms with Gasteiger partial charge in [0.2, 0.25) is 0 Å².